The molecular formula is C10H15FN2O. The van der Waals surface area contributed by atoms with Gasteiger partial charge in [-0.1, -0.05) is 6.07 Å². The number of benzene rings is 1. The van der Waals surface area contributed by atoms with E-state index in [2.05, 4.69) is 5.32 Å². The average molecular weight is 198 g/mol. The van der Waals surface area contributed by atoms with Crippen molar-refractivity contribution in [2.75, 3.05) is 17.7 Å². The number of hydrogen-bond donors (Lipinski definition) is 3. The fourth-order valence-corrected chi connectivity index (χ4v) is 1.05. The van der Waals surface area contributed by atoms with Gasteiger partial charge in [0.15, 0.2) is 0 Å². The lowest BCUT2D eigenvalue weighted by Gasteiger charge is -2.26. The average Bonchev–Trinajstić information content (AvgIpc) is 2.12. The first-order valence-corrected chi connectivity index (χ1v) is 4.39. The number of aliphatic hydroxyl groups is 1. The molecule has 0 radical (unpaired) electrons. The van der Waals surface area contributed by atoms with Crippen LogP contribution in [0.1, 0.15) is 13.8 Å². The third-order valence-electron chi connectivity index (χ3n) is 1.90. The minimum Gasteiger partial charge on any atom is -0.397 e. The second-order valence-electron chi connectivity index (χ2n) is 3.87. The van der Waals surface area contributed by atoms with Gasteiger partial charge in [-0.2, -0.15) is 0 Å². The molecule has 0 fully saturated rings. The van der Waals surface area contributed by atoms with Crippen LogP contribution >= 0.6 is 0 Å². The zero-order valence-corrected chi connectivity index (χ0v) is 8.34. The van der Waals surface area contributed by atoms with E-state index in [1.165, 1.54) is 6.07 Å². The van der Waals surface area contributed by atoms with E-state index in [0.29, 0.717) is 5.69 Å². The maximum absolute atomic E-state index is 13.3. The van der Waals surface area contributed by atoms with Gasteiger partial charge < -0.3 is 16.2 Å². The highest BCUT2D eigenvalue weighted by molar-refractivity contribution is 5.67. The third-order valence-corrected chi connectivity index (χ3v) is 1.90. The molecule has 0 aliphatic carbocycles. The standard InChI is InChI=1S/C10H15FN2O/c1-10(2,6-14)13-9-7(11)4-3-5-8(9)12/h3-5,13-14H,6,12H2,1-2H3. The van der Waals surface area contributed by atoms with Gasteiger partial charge >= 0.3 is 0 Å². The van der Waals surface area contributed by atoms with E-state index in [1.54, 1.807) is 26.0 Å². The maximum atomic E-state index is 13.3. The monoisotopic (exact) mass is 198 g/mol. The lowest BCUT2D eigenvalue weighted by atomic mass is 10.1. The highest BCUT2D eigenvalue weighted by Crippen LogP contribution is 2.25. The summed E-state index contributed by atoms with van der Waals surface area (Å²) in [6.45, 7) is 3.43. The number of nitrogens with one attached hydrogen (secondary N) is 1. The predicted molar refractivity (Wildman–Crippen MR) is 55.6 cm³/mol. The molecular weight excluding hydrogens is 183 g/mol. The van der Waals surface area contributed by atoms with Crippen LogP contribution in [0.15, 0.2) is 18.2 Å². The molecule has 0 bridgehead atoms. The van der Waals surface area contributed by atoms with Gasteiger partial charge in [0.25, 0.3) is 0 Å². The Labute approximate surface area is 82.7 Å². The number of nitrogens with two attached hydrogens (primary N) is 1. The fraction of sp³-hybridized carbons (Fsp3) is 0.400. The molecule has 0 unspecified atom stereocenters. The Morgan fingerprint density at radius 2 is 2.14 bits per heavy atom. The Hall–Kier alpha value is -1.29. The zero-order valence-electron chi connectivity index (χ0n) is 8.34. The largest absolute Gasteiger partial charge is 0.397 e. The van der Waals surface area contributed by atoms with Crippen LogP contribution in [0.3, 0.4) is 0 Å². The Bertz CT molecular complexity index is 306. The number of hydrogen-bond acceptors (Lipinski definition) is 3. The van der Waals surface area contributed by atoms with Crippen molar-refractivity contribution in [3.8, 4) is 0 Å². The van der Waals surface area contributed by atoms with Crippen LogP contribution in [0.4, 0.5) is 15.8 Å². The van der Waals surface area contributed by atoms with Gasteiger partial charge in [0.05, 0.1) is 23.5 Å². The first-order chi connectivity index (χ1) is 6.46. The topological polar surface area (TPSA) is 58.3 Å². The summed E-state index contributed by atoms with van der Waals surface area (Å²) >= 11 is 0. The summed E-state index contributed by atoms with van der Waals surface area (Å²) in [5.41, 5.74) is 5.59. The number of nitrogen functional groups attached to an aromatic ring is 1. The zero-order chi connectivity index (χ0) is 10.8. The van der Waals surface area contributed by atoms with Gasteiger partial charge in [0, 0.05) is 0 Å². The highest BCUT2D eigenvalue weighted by atomic mass is 19.1. The molecule has 0 aromatic heterocycles. The van der Waals surface area contributed by atoms with Gasteiger partial charge in [-0.25, -0.2) is 4.39 Å². The molecule has 1 aromatic rings. The Kier molecular flexibility index (Phi) is 2.96. The maximum Gasteiger partial charge on any atom is 0.148 e. The normalized spacial score (nSPS) is 11.4. The molecule has 14 heavy (non-hydrogen) atoms. The second kappa shape index (κ2) is 3.84. The van der Waals surface area contributed by atoms with Crippen molar-refractivity contribution in [1.29, 1.82) is 0 Å². The molecule has 0 aliphatic rings. The number of aliphatic hydroxyl groups excluding tert-OH is 1. The lowest BCUT2D eigenvalue weighted by molar-refractivity contribution is 0.234. The molecule has 0 saturated heterocycles. The van der Waals surface area contributed by atoms with Crippen LogP contribution < -0.4 is 11.1 Å². The van der Waals surface area contributed by atoms with Crippen molar-refractivity contribution in [2.24, 2.45) is 0 Å². The van der Waals surface area contributed by atoms with Crippen LogP contribution in [-0.2, 0) is 0 Å². The molecule has 1 rings (SSSR count). The number of rotatable bonds is 3. The Balaban J connectivity index is 2.97. The van der Waals surface area contributed by atoms with E-state index >= 15 is 0 Å². The molecule has 3 nitrogen and oxygen atoms in total. The summed E-state index contributed by atoms with van der Waals surface area (Å²) in [5, 5.41) is 11.9. The van der Waals surface area contributed by atoms with Crippen molar-refractivity contribution >= 4 is 11.4 Å². The fourth-order valence-electron chi connectivity index (χ4n) is 1.05. The Morgan fingerprint density at radius 3 is 2.64 bits per heavy atom. The molecule has 0 heterocycles. The lowest BCUT2D eigenvalue weighted by Crippen LogP contribution is -2.35. The molecule has 0 spiro atoms. The van der Waals surface area contributed by atoms with Gasteiger partial charge in [-0.3, -0.25) is 0 Å². The molecule has 4 heteroatoms. The SMILES string of the molecule is CC(C)(CO)Nc1c(N)cccc1F. The van der Waals surface area contributed by atoms with Crippen LogP contribution in [0.25, 0.3) is 0 Å². The van der Waals surface area contributed by atoms with Crippen molar-refractivity contribution in [3.63, 3.8) is 0 Å². The van der Waals surface area contributed by atoms with Crippen molar-refractivity contribution < 1.29 is 9.50 Å². The van der Waals surface area contributed by atoms with Crippen LogP contribution in [0.2, 0.25) is 0 Å². The number of halogens is 1. The van der Waals surface area contributed by atoms with E-state index < -0.39 is 11.4 Å². The van der Waals surface area contributed by atoms with Crippen molar-refractivity contribution in [2.45, 2.75) is 19.4 Å². The molecule has 78 valence electrons. The second-order valence-corrected chi connectivity index (χ2v) is 3.87. The predicted octanol–water partition coefficient (Wildman–Crippen LogP) is 1.59. The van der Waals surface area contributed by atoms with Gasteiger partial charge in [0.2, 0.25) is 0 Å². The summed E-state index contributed by atoms with van der Waals surface area (Å²) in [4.78, 5) is 0. The molecule has 0 saturated carbocycles. The van der Waals surface area contributed by atoms with Crippen molar-refractivity contribution in [1.82, 2.24) is 0 Å². The van der Waals surface area contributed by atoms with Crippen molar-refractivity contribution in [3.05, 3.63) is 24.0 Å². The smallest absolute Gasteiger partial charge is 0.148 e. The van der Waals surface area contributed by atoms with E-state index in [-0.39, 0.29) is 12.3 Å². The van der Waals surface area contributed by atoms with Crippen LogP contribution in [-0.4, -0.2) is 17.3 Å². The minimum absolute atomic E-state index is 0.0965. The number of anilines is 2. The molecule has 0 aliphatic heterocycles. The van der Waals surface area contributed by atoms with E-state index in [4.69, 9.17) is 10.8 Å². The number of para-hydroxylation sites is 1. The van der Waals surface area contributed by atoms with Gasteiger partial charge in [-0.05, 0) is 26.0 Å². The third kappa shape index (κ3) is 2.35. The van der Waals surface area contributed by atoms with E-state index in [9.17, 15) is 4.39 Å². The quantitative estimate of drug-likeness (QED) is 0.646. The molecule has 4 N–H and O–H groups in total. The molecule has 0 atom stereocenters. The Morgan fingerprint density at radius 1 is 1.50 bits per heavy atom. The molecule has 1 aromatic carbocycles. The van der Waals surface area contributed by atoms with Gasteiger partial charge in [-0.15, -0.1) is 0 Å². The van der Waals surface area contributed by atoms with E-state index in [1.807, 2.05) is 0 Å². The summed E-state index contributed by atoms with van der Waals surface area (Å²) in [7, 11) is 0. The summed E-state index contributed by atoms with van der Waals surface area (Å²) in [5.74, 6) is -0.411. The van der Waals surface area contributed by atoms with E-state index in [0.717, 1.165) is 0 Å². The summed E-state index contributed by atoms with van der Waals surface area (Å²) in [6, 6.07) is 4.48. The summed E-state index contributed by atoms with van der Waals surface area (Å²) in [6.07, 6.45) is 0. The highest BCUT2D eigenvalue weighted by Gasteiger charge is 2.18. The van der Waals surface area contributed by atoms with Crippen LogP contribution in [0.5, 0.6) is 0 Å². The first-order valence-electron chi connectivity index (χ1n) is 4.39. The van der Waals surface area contributed by atoms with Gasteiger partial charge in [0.1, 0.15) is 5.82 Å². The minimum atomic E-state index is -0.587. The first kappa shape index (κ1) is 10.8. The van der Waals surface area contributed by atoms with Crippen LogP contribution in [0, 0.1) is 5.82 Å². The molecule has 0 amide bonds. The summed E-state index contributed by atoms with van der Waals surface area (Å²) < 4.78 is 13.3.